The summed E-state index contributed by atoms with van der Waals surface area (Å²) in [4.78, 5) is 22.6. The van der Waals surface area contributed by atoms with E-state index in [-0.39, 0.29) is 12.3 Å². The molecule has 0 aliphatic rings. The quantitative estimate of drug-likeness (QED) is 0.627. The topological polar surface area (TPSA) is 120 Å². The number of anilines is 2. The average Bonchev–Trinajstić information content (AvgIpc) is 2.43. The second-order valence-electron chi connectivity index (χ2n) is 4.64. The molecule has 7 N–H and O–H groups in total. The smallest absolute Gasteiger partial charge is 0.307 e. The van der Waals surface area contributed by atoms with Gasteiger partial charge in [0.05, 0.1) is 12.1 Å². The number of aliphatic carboxylic acids is 1. The average molecular weight is 286 g/mol. The van der Waals surface area contributed by atoms with Crippen LogP contribution in [-0.4, -0.2) is 17.0 Å². The zero-order chi connectivity index (χ0) is 15.4. The molecule has 21 heavy (non-hydrogen) atoms. The molecule has 0 aromatic heterocycles. The summed E-state index contributed by atoms with van der Waals surface area (Å²) < 4.78 is 0. The van der Waals surface area contributed by atoms with Gasteiger partial charge in [-0.3, -0.25) is 9.59 Å². The van der Waals surface area contributed by atoms with Gasteiger partial charge in [0.2, 0.25) is 0 Å². The molecule has 0 spiro atoms. The SMILES string of the molecule is Nc1cc(C(=O)Nc2ccc(CC(=O)O)cc2)ccc1[NH3+]. The molecule has 0 heterocycles. The maximum atomic E-state index is 12.1. The van der Waals surface area contributed by atoms with Crippen molar-refractivity contribution in [3.63, 3.8) is 0 Å². The van der Waals surface area contributed by atoms with Gasteiger partial charge in [-0.2, -0.15) is 0 Å². The van der Waals surface area contributed by atoms with E-state index in [4.69, 9.17) is 10.8 Å². The Balaban J connectivity index is 2.08. The number of nitrogen functional groups attached to an aromatic ring is 1. The van der Waals surface area contributed by atoms with Crippen LogP contribution in [-0.2, 0) is 11.2 Å². The minimum Gasteiger partial charge on any atom is -0.481 e. The first-order chi connectivity index (χ1) is 9.95. The lowest BCUT2D eigenvalue weighted by Gasteiger charge is -2.07. The molecular formula is C15H16N3O3+. The Morgan fingerprint density at radius 1 is 1.14 bits per heavy atom. The van der Waals surface area contributed by atoms with Crippen LogP contribution in [0.1, 0.15) is 15.9 Å². The third-order valence-corrected chi connectivity index (χ3v) is 2.98. The van der Waals surface area contributed by atoms with Crippen molar-refractivity contribution in [3.8, 4) is 0 Å². The number of carbonyl (C=O) groups excluding carboxylic acids is 1. The number of nitrogens with one attached hydrogen (secondary N) is 1. The van der Waals surface area contributed by atoms with E-state index in [9.17, 15) is 9.59 Å². The van der Waals surface area contributed by atoms with E-state index in [1.54, 1.807) is 42.5 Å². The molecule has 0 aliphatic heterocycles. The third kappa shape index (κ3) is 3.80. The van der Waals surface area contributed by atoms with E-state index in [1.165, 1.54) is 0 Å². The molecule has 2 aromatic rings. The van der Waals surface area contributed by atoms with Crippen LogP contribution in [0.3, 0.4) is 0 Å². The summed E-state index contributed by atoms with van der Waals surface area (Å²) in [5.74, 6) is -1.18. The molecule has 0 saturated carbocycles. The summed E-state index contributed by atoms with van der Waals surface area (Å²) in [6.07, 6.45) is -0.0459. The number of amides is 1. The van der Waals surface area contributed by atoms with Crippen LogP contribution in [0.4, 0.5) is 17.1 Å². The summed E-state index contributed by atoms with van der Waals surface area (Å²) >= 11 is 0. The molecule has 0 fully saturated rings. The summed E-state index contributed by atoms with van der Waals surface area (Å²) in [7, 11) is 0. The van der Waals surface area contributed by atoms with Gasteiger partial charge < -0.3 is 21.9 Å². The highest BCUT2D eigenvalue weighted by Gasteiger charge is 2.09. The minimum absolute atomic E-state index is 0.0459. The summed E-state index contributed by atoms with van der Waals surface area (Å²) in [6, 6.07) is 11.5. The van der Waals surface area contributed by atoms with Gasteiger partial charge in [0.15, 0.2) is 5.69 Å². The lowest BCUT2D eigenvalue weighted by atomic mass is 10.1. The number of carbonyl (C=O) groups is 2. The first-order valence-electron chi connectivity index (χ1n) is 6.29. The van der Waals surface area contributed by atoms with Crippen molar-refractivity contribution in [1.82, 2.24) is 0 Å². The number of benzene rings is 2. The fourth-order valence-electron chi connectivity index (χ4n) is 1.82. The van der Waals surface area contributed by atoms with Crippen molar-refractivity contribution in [2.75, 3.05) is 11.1 Å². The maximum absolute atomic E-state index is 12.1. The second-order valence-corrected chi connectivity index (χ2v) is 4.64. The fraction of sp³-hybridized carbons (Fsp3) is 0.0667. The van der Waals surface area contributed by atoms with Gasteiger partial charge >= 0.3 is 5.97 Å². The standard InChI is InChI=1S/C15H15N3O3/c16-12-6-3-10(8-13(12)17)15(21)18-11-4-1-9(2-5-11)7-14(19)20/h1-6,8H,7,16-17H2,(H,18,21)(H,19,20)/p+1. The van der Waals surface area contributed by atoms with Crippen molar-refractivity contribution >= 4 is 28.9 Å². The molecule has 108 valence electrons. The Morgan fingerprint density at radius 3 is 2.38 bits per heavy atom. The van der Waals surface area contributed by atoms with Crippen molar-refractivity contribution in [3.05, 3.63) is 53.6 Å². The van der Waals surface area contributed by atoms with E-state index >= 15 is 0 Å². The van der Waals surface area contributed by atoms with Crippen LogP contribution >= 0.6 is 0 Å². The lowest BCUT2D eigenvalue weighted by molar-refractivity contribution is -0.253. The van der Waals surface area contributed by atoms with Gasteiger partial charge in [0, 0.05) is 17.3 Å². The van der Waals surface area contributed by atoms with Gasteiger partial charge in [-0.1, -0.05) is 12.1 Å². The number of carboxylic acids is 1. The van der Waals surface area contributed by atoms with E-state index in [1.807, 2.05) is 0 Å². The molecule has 0 radical (unpaired) electrons. The Morgan fingerprint density at radius 2 is 1.81 bits per heavy atom. The van der Waals surface area contributed by atoms with Gasteiger partial charge in [0.1, 0.15) is 0 Å². The normalized spacial score (nSPS) is 10.1. The largest absolute Gasteiger partial charge is 0.481 e. The third-order valence-electron chi connectivity index (χ3n) is 2.98. The van der Waals surface area contributed by atoms with Crippen molar-refractivity contribution in [2.45, 2.75) is 6.42 Å². The van der Waals surface area contributed by atoms with Crippen molar-refractivity contribution in [2.24, 2.45) is 0 Å². The summed E-state index contributed by atoms with van der Waals surface area (Å²) in [5, 5.41) is 11.4. The Bertz CT molecular complexity index is 681. The number of carboxylic acid groups (broad SMARTS) is 1. The predicted octanol–water partition coefficient (Wildman–Crippen LogP) is 1.02. The van der Waals surface area contributed by atoms with Crippen LogP contribution in [0, 0.1) is 0 Å². The van der Waals surface area contributed by atoms with Crippen LogP contribution in [0.2, 0.25) is 0 Å². The molecule has 2 aromatic carbocycles. The van der Waals surface area contributed by atoms with E-state index in [0.29, 0.717) is 28.2 Å². The van der Waals surface area contributed by atoms with Gasteiger partial charge in [-0.05, 0) is 29.8 Å². The molecule has 0 bridgehead atoms. The highest BCUT2D eigenvalue weighted by molar-refractivity contribution is 6.05. The molecule has 6 heteroatoms. The first kappa shape index (κ1) is 14.5. The number of hydrogen-bond donors (Lipinski definition) is 4. The van der Waals surface area contributed by atoms with Gasteiger partial charge in [0.25, 0.3) is 5.91 Å². The van der Waals surface area contributed by atoms with Gasteiger partial charge in [-0.25, -0.2) is 0 Å². The monoisotopic (exact) mass is 286 g/mol. The zero-order valence-corrected chi connectivity index (χ0v) is 11.3. The highest BCUT2D eigenvalue weighted by atomic mass is 16.4. The highest BCUT2D eigenvalue weighted by Crippen LogP contribution is 2.16. The second kappa shape index (κ2) is 6.06. The number of quaternary nitrogens is 1. The minimum atomic E-state index is -0.893. The lowest BCUT2D eigenvalue weighted by Crippen LogP contribution is -2.41. The van der Waals surface area contributed by atoms with Crippen molar-refractivity contribution < 1.29 is 20.4 Å². The molecule has 0 atom stereocenters. The predicted molar refractivity (Wildman–Crippen MR) is 79.1 cm³/mol. The van der Waals surface area contributed by atoms with Crippen LogP contribution in [0.15, 0.2) is 42.5 Å². The Hall–Kier alpha value is -2.86. The molecule has 0 saturated heterocycles. The number of nitrogens with two attached hydrogens (primary N) is 1. The fourth-order valence-corrected chi connectivity index (χ4v) is 1.82. The molecule has 0 aliphatic carbocycles. The molecule has 1 amide bonds. The van der Waals surface area contributed by atoms with E-state index in [2.05, 4.69) is 11.1 Å². The summed E-state index contributed by atoms with van der Waals surface area (Å²) in [5.41, 5.74) is 12.3. The van der Waals surface area contributed by atoms with Crippen LogP contribution in [0.25, 0.3) is 0 Å². The molecule has 2 rings (SSSR count). The van der Waals surface area contributed by atoms with E-state index in [0.717, 1.165) is 0 Å². The molecule has 6 nitrogen and oxygen atoms in total. The number of hydrogen-bond acceptors (Lipinski definition) is 3. The van der Waals surface area contributed by atoms with Crippen molar-refractivity contribution in [1.29, 1.82) is 0 Å². The molecule has 0 unspecified atom stereocenters. The Labute approximate surface area is 121 Å². The van der Waals surface area contributed by atoms with Crippen LogP contribution in [0.5, 0.6) is 0 Å². The Kier molecular flexibility index (Phi) is 4.20. The zero-order valence-electron chi connectivity index (χ0n) is 11.3. The first-order valence-corrected chi connectivity index (χ1v) is 6.29. The van der Waals surface area contributed by atoms with E-state index < -0.39 is 5.97 Å². The van der Waals surface area contributed by atoms with Gasteiger partial charge in [-0.15, -0.1) is 0 Å². The summed E-state index contributed by atoms with van der Waals surface area (Å²) in [6.45, 7) is 0. The van der Waals surface area contributed by atoms with Crippen LogP contribution < -0.4 is 16.8 Å². The number of rotatable bonds is 4. The maximum Gasteiger partial charge on any atom is 0.307 e. The molecular weight excluding hydrogens is 270 g/mol.